The molecule has 2 rings (SSSR count). The molecule has 0 saturated heterocycles. The minimum atomic E-state index is -2.47. The molecule has 0 radical (unpaired) electrons. The van der Waals surface area contributed by atoms with E-state index in [1.54, 1.807) is 6.08 Å². The van der Waals surface area contributed by atoms with E-state index in [-0.39, 0.29) is 11.6 Å². The fourth-order valence-electron chi connectivity index (χ4n) is 3.80. The summed E-state index contributed by atoms with van der Waals surface area (Å²) < 4.78 is 6.85. The van der Waals surface area contributed by atoms with Gasteiger partial charge in [-0.25, -0.2) is 0 Å². The van der Waals surface area contributed by atoms with E-state index in [1.807, 2.05) is 6.92 Å². The second kappa shape index (κ2) is 10.2. The van der Waals surface area contributed by atoms with Crippen LogP contribution in [0.4, 0.5) is 0 Å². The average molecular weight is 399 g/mol. The first-order valence-corrected chi connectivity index (χ1v) is 11.9. The standard InChI is InChI=1S/C24H34O3Si/c1-20(18-21(26)19-25)12-11-17-27-28(24(2,3)4,22-13-7-5-8-14-22)23-15-9-6-10-16-23/h5-10,13-16,18,21,25-26H,11-12,17,19H2,1-4H3/b20-18-. The molecule has 0 aliphatic rings. The van der Waals surface area contributed by atoms with Gasteiger partial charge in [-0.05, 0) is 35.2 Å². The summed E-state index contributed by atoms with van der Waals surface area (Å²) in [5.41, 5.74) is 1.08. The van der Waals surface area contributed by atoms with Crippen molar-refractivity contribution in [1.29, 1.82) is 0 Å². The van der Waals surface area contributed by atoms with Crippen LogP contribution >= 0.6 is 0 Å². The fourth-order valence-corrected chi connectivity index (χ4v) is 8.41. The van der Waals surface area contributed by atoms with Crippen molar-refractivity contribution in [1.82, 2.24) is 0 Å². The zero-order valence-corrected chi connectivity index (χ0v) is 18.6. The Balaban J connectivity index is 2.28. The monoisotopic (exact) mass is 398 g/mol. The molecule has 0 amide bonds. The van der Waals surface area contributed by atoms with E-state index < -0.39 is 14.4 Å². The van der Waals surface area contributed by atoms with Crippen LogP contribution in [0.1, 0.15) is 40.5 Å². The Labute approximate surface area is 170 Å². The first kappa shape index (κ1) is 22.6. The van der Waals surface area contributed by atoms with E-state index in [0.717, 1.165) is 18.4 Å². The Morgan fingerprint density at radius 2 is 1.50 bits per heavy atom. The molecule has 0 fully saturated rings. The Morgan fingerprint density at radius 3 is 1.93 bits per heavy atom. The first-order chi connectivity index (χ1) is 13.3. The second-order valence-corrected chi connectivity index (χ2v) is 12.7. The van der Waals surface area contributed by atoms with Gasteiger partial charge in [0.25, 0.3) is 8.32 Å². The topological polar surface area (TPSA) is 49.7 Å². The van der Waals surface area contributed by atoms with Crippen molar-refractivity contribution in [2.45, 2.75) is 51.7 Å². The highest BCUT2D eigenvalue weighted by molar-refractivity contribution is 6.99. The third-order valence-electron chi connectivity index (χ3n) is 5.11. The molecule has 1 atom stereocenters. The van der Waals surface area contributed by atoms with Crippen LogP contribution in [0, 0.1) is 0 Å². The molecule has 28 heavy (non-hydrogen) atoms. The number of allylic oxidation sites excluding steroid dienone is 1. The van der Waals surface area contributed by atoms with Crippen molar-refractivity contribution in [2.24, 2.45) is 0 Å². The van der Waals surface area contributed by atoms with Gasteiger partial charge in [-0.2, -0.15) is 0 Å². The van der Waals surface area contributed by atoms with Crippen LogP contribution in [0.2, 0.25) is 5.04 Å². The highest BCUT2D eigenvalue weighted by Crippen LogP contribution is 2.36. The molecule has 0 saturated carbocycles. The van der Waals surface area contributed by atoms with Crippen molar-refractivity contribution in [2.75, 3.05) is 13.2 Å². The summed E-state index contributed by atoms with van der Waals surface area (Å²) in [4.78, 5) is 0. The van der Waals surface area contributed by atoms with Crippen LogP contribution in [0.5, 0.6) is 0 Å². The van der Waals surface area contributed by atoms with E-state index in [4.69, 9.17) is 9.53 Å². The van der Waals surface area contributed by atoms with Gasteiger partial charge in [0.2, 0.25) is 0 Å². The summed E-state index contributed by atoms with van der Waals surface area (Å²) in [6, 6.07) is 21.3. The van der Waals surface area contributed by atoms with E-state index in [0.29, 0.717) is 6.61 Å². The highest BCUT2D eigenvalue weighted by atomic mass is 28.4. The molecule has 2 N–H and O–H groups in total. The molecule has 3 nitrogen and oxygen atoms in total. The van der Waals surface area contributed by atoms with Gasteiger partial charge in [-0.3, -0.25) is 0 Å². The summed E-state index contributed by atoms with van der Waals surface area (Å²) in [6.07, 6.45) is 2.67. The first-order valence-electron chi connectivity index (χ1n) is 10.0. The maximum atomic E-state index is 9.57. The maximum absolute atomic E-state index is 9.57. The van der Waals surface area contributed by atoms with Crippen molar-refractivity contribution < 1.29 is 14.6 Å². The van der Waals surface area contributed by atoms with E-state index >= 15 is 0 Å². The molecule has 0 aromatic heterocycles. The summed E-state index contributed by atoms with van der Waals surface area (Å²) >= 11 is 0. The quantitative estimate of drug-likeness (QED) is 0.385. The van der Waals surface area contributed by atoms with Gasteiger partial charge in [0.15, 0.2) is 0 Å². The molecule has 0 heterocycles. The third kappa shape index (κ3) is 5.42. The third-order valence-corrected chi connectivity index (χ3v) is 10.2. The smallest absolute Gasteiger partial charge is 0.261 e. The van der Waals surface area contributed by atoms with Crippen LogP contribution in [-0.4, -0.2) is 37.8 Å². The normalized spacial score (nSPS) is 14.1. The summed E-state index contributed by atoms with van der Waals surface area (Å²) in [6.45, 7) is 9.25. The zero-order chi connectivity index (χ0) is 20.6. The van der Waals surface area contributed by atoms with Gasteiger partial charge in [0, 0.05) is 6.61 Å². The Kier molecular flexibility index (Phi) is 8.19. The maximum Gasteiger partial charge on any atom is 0.261 e. The molecule has 152 valence electrons. The van der Waals surface area contributed by atoms with Crippen molar-refractivity contribution >= 4 is 18.7 Å². The van der Waals surface area contributed by atoms with Crippen molar-refractivity contribution in [3.05, 3.63) is 72.3 Å². The number of hydrogen-bond donors (Lipinski definition) is 2. The van der Waals surface area contributed by atoms with E-state index in [1.165, 1.54) is 10.4 Å². The predicted octanol–water partition coefficient (Wildman–Crippen LogP) is 3.64. The van der Waals surface area contributed by atoms with Gasteiger partial charge in [-0.1, -0.05) is 93.1 Å². The van der Waals surface area contributed by atoms with Crippen LogP contribution in [-0.2, 0) is 4.43 Å². The van der Waals surface area contributed by atoms with Crippen LogP contribution in [0.15, 0.2) is 72.3 Å². The van der Waals surface area contributed by atoms with Gasteiger partial charge in [0.1, 0.15) is 0 Å². The minimum absolute atomic E-state index is 0.0202. The lowest BCUT2D eigenvalue weighted by atomic mass is 10.1. The molecule has 2 aromatic rings. The average Bonchev–Trinajstić information content (AvgIpc) is 2.68. The van der Waals surface area contributed by atoms with Crippen LogP contribution < -0.4 is 10.4 Å². The summed E-state index contributed by atoms with van der Waals surface area (Å²) in [5, 5.41) is 21.1. The van der Waals surface area contributed by atoms with Crippen molar-refractivity contribution in [3.8, 4) is 0 Å². The molecule has 0 spiro atoms. The number of aliphatic hydroxyl groups excluding tert-OH is 2. The molecule has 0 aliphatic carbocycles. The lowest BCUT2D eigenvalue weighted by Crippen LogP contribution is -2.66. The lowest BCUT2D eigenvalue weighted by molar-refractivity contribution is 0.130. The predicted molar refractivity (Wildman–Crippen MR) is 120 cm³/mol. The SMILES string of the molecule is C/C(=C/C(O)CO)CCCO[Si](c1ccccc1)(c1ccccc1)C(C)(C)C. The number of aliphatic hydroxyl groups is 2. The molecular formula is C24H34O3Si. The molecule has 0 bridgehead atoms. The van der Waals surface area contributed by atoms with Crippen LogP contribution in [0.25, 0.3) is 0 Å². The highest BCUT2D eigenvalue weighted by Gasteiger charge is 2.49. The fraction of sp³-hybridized carbons (Fsp3) is 0.417. The van der Waals surface area contributed by atoms with E-state index in [9.17, 15) is 5.11 Å². The molecule has 1 unspecified atom stereocenters. The van der Waals surface area contributed by atoms with Gasteiger partial charge in [-0.15, -0.1) is 0 Å². The molecule has 4 heteroatoms. The Hall–Kier alpha value is -1.72. The van der Waals surface area contributed by atoms with Gasteiger partial charge in [0.05, 0.1) is 12.7 Å². The van der Waals surface area contributed by atoms with Gasteiger partial charge < -0.3 is 14.6 Å². The Morgan fingerprint density at radius 1 is 1.00 bits per heavy atom. The van der Waals surface area contributed by atoms with Gasteiger partial charge >= 0.3 is 0 Å². The zero-order valence-electron chi connectivity index (χ0n) is 17.6. The number of hydrogen-bond acceptors (Lipinski definition) is 3. The second-order valence-electron chi connectivity index (χ2n) is 8.38. The number of benzene rings is 2. The van der Waals surface area contributed by atoms with Crippen molar-refractivity contribution in [3.63, 3.8) is 0 Å². The number of rotatable bonds is 9. The minimum Gasteiger partial charge on any atom is -0.407 e. The molecule has 0 aliphatic heterocycles. The molecule has 2 aromatic carbocycles. The Bertz CT molecular complexity index is 696. The largest absolute Gasteiger partial charge is 0.407 e. The lowest BCUT2D eigenvalue weighted by Gasteiger charge is -2.43. The molecular weight excluding hydrogens is 364 g/mol. The van der Waals surface area contributed by atoms with E-state index in [2.05, 4.69) is 81.4 Å². The van der Waals surface area contributed by atoms with Crippen LogP contribution in [0.3, 0.4) is 0 Å². The summed E-state index contributed by atoms with van der Waals surface area (Å²) in [7, 11) is -2.47. The summed E-state index contributed by atoms with van der Waals surface area (Å²) in [5.74, 6) is 0.